The summed E-state index contributed by atoms with van der Waals surface area (Å²) in [5.41, 5.74) is 5.69. The summed E-state index contributed by atoms with van der Waals surface area (Å²) in [5, 5.41) is 7.33. The van der Waals surface area contributed by atoms with E-state index in [0.29, 0.717) is 5.39 Å². The summed E-state index contributed by atoms with van der Waals surface area (Å²) >= 11 is 0. The summed E-state index contributed by atoms with van der Waals surface area (Å²) in [7, 11) is 0. The van der Waals surface area contributed by atoms with E-state index in [0.717, 1.165) is 18.5 Å². The number of aromatic nitrogens is 2. The first kappa shape index (κ1) is 11.3. The molecule has 0 atom stereocenters. The smallest absolute Gasteiger partial charge is 0.272 e. The van der Waals surface area contributed by atoms with Crippen LogP contribution in [-0.4, -0.2) is 16.1 Å². The molecular weight excluding hydrogens is 218 g/mol. The van der Waals surface area contributed by atoms with Crippen LogP contribution in [0.1, 0.15) is 29.4 Å². The van der Waals surface area contributed by atoms with Crippen molar-refractivity contribution in [3.05, 3.63) is 39.8 Å². The van der Waals surface area contributed by atoms with Gasteiger partial charge in [-0.2, -0.15) is 5.10 Å². The van der Waals surface area contributed by atoms with E-state index in [-0.39, 0.29) is 10.9 Å². The fourth-order valence-corrected chi connectivity index (χ4v) is 1.83. The van der Waals surface area contributed by atoms with E-state index >= 15 is 0 Å². The molecule has 87 valence electrons. The first-order valence-electron chi connectivity index (χ1n) is 5.37. The number of aromatic amines is 1. The third kappa shape index (κ3) is 1.91. The van der Waals surface area contributed by atoms with Crippen molar-refractivity contribution in [2.24, 2.45) is 5.73 Å². The zero-order valence-electron chi connectivity index (χ0n) is 9.41. The zero-order chi connectivity index (χ0) is 12.4. The van der Waals surface area contributed by atoms with Gasteiger partial charge in [-0.15, -0.1) is 0 Å². The minimum Gasteiger partial charge on any atom is -0.366 e. The van der Waals surface area contributed by atoms with Gasteiger partial charge in [0.2, 0.25) is 5.91 Å². The molecule has 1 aromatic heterocycles. The standard InChI is InChI=1S/C12H12N3O2/c1-2-4-9-7-5-3-6-8(11(13)16)10(7)12(17)15-14-9/h3,5H,2,4H2,1H3,(H2,13,16)(H,15,17). The van der Waals surface area contributed by atoms with Gasteiger partial charge in [-0.25, -0.2) is 5.10 Å². The summed E-state index contributed by atoms with van der Waals surface area (Å²) in [6.07, 6.45) is 1.63. The highest BCUT2D eigenvalue weighted by atomic mass is 16.1. The van der Waals surface area contributed by atoms with Crippen molar-refractivity contribution in [2.45, 2.75) is 19.8 Å². The molecule has 0 unspecified atom stereocenters. The molecule has 2 aromatic rings. The van der Waals surface area contributed by atoms with Gasteiger partial charge in [0.25, 0.3) is 5.56 Å². The molecule has 0 bridgehead atoms. The number of nitrogens with zero attached hydrogens (tertiary/aromatic N) is 1. The number of carbonyl (C=O) groups is 1. The number of H-pyrrole nitrogens is 1. The number of fused-ring (bicyclic) bond motifs is 1. The number of amides is 1. The highest BCUT2D eigenvalue weighted by molar-refractivity contribution is 6.06. The van der Waals surface area contributed by atoms with E-state index in [4.69, 9.17) is 5.73 Å². The average Bonchev–Trinajstić information content (AvgIpc) is 2.32. The van der Waals surface area contributed by atoms with Gasteiger partial charge >= 0.3 is 0 Å². The lowest BCUT2D eigenvalue weighted by Crippen LogP contribution is -2.18. The van der Waals surface area contributed by atoms with Gasteiger partial charge in [0.1, 0.15) is 0 Å². The van der Waals surface area contributed by atoms with Crippen LogP contribution in [0.2, 0.25) is 0 Å². The minimum atomic E-state index is -0.658. The third-order valence-corrected chi connectivity index (χ3v) is 2.56. The second-order valence-corrected chi connectivity index (χ2v) is 3.76. The van der Waals surface area contributed by atoms with Gasteiger partial charge in [-0.1, -0.05) is 25.5 Å². The molecule has 2 rings (SSSR count). The molecular formula is C12H12N3O2. The highest BCUT2D eigenvalue weighted by Gasteiger charge is 2.13. The Kier molecular flexibility index (Phi) is 2.91. The quantitative estimate of drug-likeness (QED) is 0.816. The maximum Gasteiger partial charge on any atom is 0.272 e. The molecule has 5 nitrogen and oxygen atoms in total. The monoisotopic (exact) mass is 230 g/mol. The lowest BCUT2D eigenvalue weighted by molar-refractivity contribution is 0.100. The van der Waals surface area contributed by atoms with Gasteiger partial charge in [0, 0.05) is 5.39 Å². The Balaban J connectivity index is 2.85. The van der Waals surface area contributed by atoms with Crippen LogP contribution in [0.4, 0.5) is 0 Å². The van der Waals surface area contributed by atoms with Crippen LogP contribution in [0.15, 0.2) is 16.9 Å². The fraction of sp³-hybridized carbons (Fsp3) is 0.250. The maximum atomic E-state index is 11.7. The Bertz CT molecular complexity index is 631. The van der Waals surface area contributed by atoms with Gasteiger partial charge < -0.3 is 5.73 Å². The Morgan fingerprint density at radius 2 is 2.35 bits per heavy atom. The number of rotatable bonds is 3. The van der Waals surface area contributed by atoms with Crippen LogP contribution in [0.3, 0.4) is 0 Å². The number of primary amides is 1. The van der Waals surface area contributed by atoms with E-state index in [1.807, 2.05) is 6.92 Å². The molecule has 0 spiro atoms. The molecule has 1 heterocycles. The molecule has 0 aliphatic rings. The lowest BCUT2D eigenvalue weighted by atomic mass is 10.0. The first-order valence-corrected chi connectivity index (χ1v) is 5.37. The van der Waals surface area contributed by atoms with Crippen LogP contribution in [0.5, 0.6) is 0 Å². The largest absolute Gasteiger partial charge is 0.366 e. The van der Waals surface area contributed by atoms with Gasteiger partial charge in [0.15, 0.2) is 0 Å². The van der Waals surface area contributed by atoms with E-state index in [1.54, 1.807) is 12.1 Å². The second-order valence-electron chi connectivity index (χ2n) is 3.76. The summed E-state index contributed by atoms with van der Waals surface area (Å²) in [6, 6.07) is 6.02. The molecule has 1 amide bonds. The van der Waals surface area contributed by atoms with Gasteiger partial charge in [-0.05, 0) is 12.5 Å². The molecule has 0 saturated carbocycles. The van der Waals surface area contributed by atoms with Crippen LogP contribution in [-0.2, 0) is 6.42 Å². The Labute approximate surface area is 97.6 Å². The fourth-order valence-electron chi connectivity index (χ4n) is 1.83. The average molecular weight is 230 g/mol. The Hall–Kier alpha value is -2.17. The van der Waals surface area contributed by atoms with Crippen molar-refractivity contribution in [1.29, 1.82) is 0 Å². The number of carbonyl (C=O) groups excluding carboxylic acids is 1. The summed E-state index contributed by atoms with van der Waals surface area (Å²) in [5.74, 6) is -0.658. The van der Waals surface area contributed by atoms with Crippen molar-refractivity contribution >= 4 is 16.7 Å². The van der Waals surface area contributed by atoms with Gasteiger partial charge in [0.05, 0.1) is 16.6 Å². The summed E-state index contributed by atoms with van der Waals surface area (Å²) in [4.78, 5) is 23.0. The minimum absolute atomic E-state index is 0.114. The van der Waals surface area contributed by atoms with Crippen molar-refractivity contribution in [2.75, 3.05) is 0 Å². The van der Waals surface area contributed by atoms with Crippen LogP contribution in [0, 0.1) is 6.07 Å². The van der Waals surface area contributed by atoms with Crippen LogP contribution in [0.25, 0.3) is 10.8 Å². The Morgan fingerprint density at radius 3 is 3.00 bits per heavy atom. The van der Waals surface area contributed by atoms with E-state index in [2.05, 4.69) is 16.3 Å². The number of nitrogens with one attached hydrogen (secondary N) is 1. The molecule has 3 N–H and O–H groups in total. The van der Waals surface area contributed by atoms with Crippen molar-refractivity contribution < 1.29 is 4.79 Å². The predicted octanol–water partition coefficient (Wildman–Crippen LogP) is 0.775. The second kappa shape index (κ2) is 4.37. The normalized spacial score (nSPS) is 10.6. The molecule has 0 fully saturated rings. The molecule has 17 heavy (non-hydrogen) atoms. The third-order valence-electron chi connectivity index (χ3n) is 2.56. The molecule has 1 aromatic carbocycles. The molecule has 0 aliphatic carbocycles. The highest BCUT2D eigenvalue weighted by Crippen LogP contribution is 2.17. The number of hydrogen-bond acceptors (Lipinski definition) is 3. The molecule has 5 heteroatoms. The first-order chi connectivity index (χ1) is 8.15. The van der Waals surface area contributed by atoms with Crippen LogP contribution >= 0.6 is 0 Å². The number of nitrogens with two attached hydrogens (primary N) is 1. The number of benzene rings is 1. The van der Waals surface area contributed by atoms with Gasteiger partial charge in [-0.3, -0.25) is 9.59 Å². The number of aryl methyl sites for hydroxylation is 1. The molecule has 0 aliphatic heterocycles. The maximum absolute atomic E-state index is 11.7. The van der Waals surface area contributed by atoms with E-state index in [1.165, 1.54) is 0 Å². The SMILES string of the molecule is CCCc1n[nH]c(=O)c2c(C(N)=O)[c]ccc12. The van der Waals surface area contributed by atoms with E-state index in [9.17, 15) is 9.59 Å². The van der Waals surface area contributed by atoms with Crippen molar-refractivity contribution in [3.63, 3.8) is 0 Å². The summed E-state index contributed by atoms with van der Waals surface area (Å²) < 4.78 is 0. The van der Waals surface area contributed by atoms with Crippen LogP contribution < -0.4 is 11.3 Å². The molecule has 1 radical (unpaired) electrons. The zero-order valence-corrected chi connectivity index (χ0v) is 9.41. The topological polar surface area (TPSA) is 88.8 Å². The lowest BCUT2D eigenvalue weighted by Gasteiger charge is -2.05. The van der Waals surface area contributed by atoms with Crippen molar-refractivity contribution in [3.8, 4) is 0 Å². The summed E-state index contributed by atoms with van der Waals surface area (Å²) in [6.45, 7) is 2.02. The molecule has 0 saturated heterocycles. The van der Waals surface area contributed by atoms with E-state index < -0.39 is 11.5 Å². The predicted molar refractivity (Wildman–Crippen MR) is 63.7 cm³/mol. The Morgan fingerprint density at radius 1 is 1.59 bits per heavy atom. The number of hydrogen-bond donors (Lipinski definition) is 2. The van der Waals surface area contributed by atoms with Crippen molar-refractivity contribution in [1.82, 2.24) is 10.2 Å².